The van der Waals surface area contributed by atoms with E-state index in [1.165, 1.54) is 19.6 Å². The summed E-state index contributed by atoms with van der Waals surface area (Å²) in [6.45, 7) is 24.8. The van der Waals surface area contributed by atoms with Crippen LogP contribution in [-0.2, 0) is 18.9 Å². The van der Waals surface area contributed by atoms with Crippen molar-refractivity contribution in [3.05, 3.63) is 72.1 Å². The average Bonchev–Trinajstić information content (AvgIpc) is 3.66. The highest BCUT2D eigenvalue weighted by atomic mass is 16.6. The first-order chi connectivity index (χ1) is 31.0. The number of hydrogen-bond acceptors (Lipinski definition) is 14. The van der Waals surface area contributed by atoms with Crippen molar-refractivity contribution in [2.45, 2.75) is 118 Å². The minimum atomic E-state index is -0.778. The summed E-state index contributed by atoms with van der Waals surface area (Å²) in [4.78, 5) is 61.0. The zero-order valence-electron chi connectivity index (χ0n) is 42.3. The summed E-state index contributed by atoms with van der Waals surface area (Å²) in [5, 5.41) is 17.7. The average molecular weight is 937 g/mol. The molecule has 18 heteroatoms. The van der Waals surface area contributed by atoms with Gasteiger partial charge in [-0.05, 0) is 144 Å². The number of carbonyl (C=O) groups excluding carboxylic acids is 4. The normalized spacial score (nSPS) is 12.8. The monoisotopic (exact) mass is 937 g/mol. The Morgan fingerprint density at radius 2 is 0.791 bits per heavy atom. The molecule has 0 fully saturated rings. The van der Waals surface area contributed by atoms with Crippen LogP contribution in [0.3, 0.4) is 0 Å². The van der Waals surface area contributed by atoms with Crippen LogP contribution in [0.25, 0.3) is 0 Å². The van der Waals surface area contributed by atoms with Crippen LogP contribution in [0.1, 0.15) is 107 Å². The summed E-state index contributed by atoms with van der Waals surface area (Å²) in [5.74, 6) is 1.15. The fraction of sp³-hybridized carbons (Fsp3) is 0.592. The molecule has 0 saturated carbocycles. The second kappa shape index (κ2) is 24.0. The summed E-state index contributed by atoms with van der Waals surface area (Å²) < 4.78 is 34.0. The molecule has 0 aliphatic carbocycles. The molecule has 372 valence electrons. The molecule has 67 heavy (non-hydrogen) atoms. The Bertz CT molecular complexity index is 1860. The topological polar surface area (TPSA) is 191 Å². The van der Waals surface area contributed by atoms with Gasteiger partial charge in [-0.1, -0.05) is 0 Å². The number of hydrogen-bond donors (Lipinski definition) is 2. The lowest BCUT2D eigenvalue weighted by Gasteiger charge is -2.30. The highest BCUT2D eigenvalue weighted by Gasteiger charge is 2.30. The van der Waals surface area contributed by atoms with Crippen LogP contribution in [0.15, 0.2) is 60.9 Å². The van der Waals surface area contributed by atoms with E-state index < -0.39 is 46.8 Å². The zero-order valence-corrected chi connectivity index (χ0v) is 42.3. The fourth-order valence-corrected chi connectivity index (χ4v) is 6.04. The van der Waals surface area contributed by atoms with Crippen molar-refractivity contribution in [1.82, 2.24) is 29.4 Å². The fourth-order valence-electron chi connectivity index (χ4n) is 6.04. The Hall–Kier alpha value is -6.20. The van der Waals surface area contributed by atoms with Gasteiger partial charge < -0.3 is 48.0 Å². The number of rotatable bonds is 18. The van der Waals surface area contributed by atoms with Crippen LogP contribution >= 0.6 is 0 Å². The Labute approximate surface area is 398 Å². The first kappa shape index (κ1) is 55.1. The lowest BCUT2D eigenvalue weighted by molar-refractivity contribution is 0.0239. The van der Waals surface area contributed by atoms with E-state index in [2.05, 4.69) is 22.2 Å². The van der Waals surface area contributed by atoms with Crippen LogP contribution in [-0.4, -0.2) is 161 Å². The van der Waals surface area contributed by atoms with Crippen molar-refractivity contribution in [2.24, 2.45) is 0 Å². The SMILES string of the molecule is CN(CCN(C(=N)c1ccc(OCCCN2C=CN(CCCOc3ccc(C(=N)N(CCN(C)C(=O)OC(C)(C)C)C(=O)OC(C)(C)C)cc3)C2)cc1)C(=O)OC(C)(C)C)C(=O)OC(C)(C)C. The third kappa shape index (κ3) is 20.5. The molecule has 4 amide bonds. The van der Waals surface area contributed by atoms with Gasteiger partial charge in [0, 0.05) is 76.9 Å². The number of amides is 4. The zero-order chi connectivity index (χ0) is 50.3. The minimum Gasteiger partial charge on any atom is -0.494 e. The van der Waals surface area contributed by atoms with Gasteiger partial charge in [-0.25, -0.2) is 19.2 Å². The lowest BCUT2D eigenvalue weighted by atomic mass is 10.1. The summed E-state index contributed by atoms with van der Waals surface area (Å²) >= 11 is 0. The summed E-state index contributed by atoms with van der Waals surface area (Å²) in [6, 6.07) is 13.9. The van der Waals surface area contributed by atoms with Gasteiger partial charge in [-0.15, -0.1) is 0 Å². The maximum Gasteiger partial charge on any atom is 0.416 e. The van der Waals surface area contributed by atoms with Gasteiger partial charge >= 0.3 is 24.4 Å². The third-order valence-electron chi connectivity index (χ3n) is 9.32. The standard InChI is InChI=1S/C49H76N8O10/c1-46(2,3)64-42(58)52(13)27-31-56(44(60)66-48(7,8)9)40(50)36-17-21-38(22-18-36)62-33-15-25-54-29-30-55(35-54)26-16-34-63-39-23-19-37(20-24-39)41(51)57(45(61)67-49(10,11)12)32-28-53(14)43(59)65-47(4,5)6/h17-24,29-30,50-51H,15-16,25-28,31-35H2,1-14H3. The molecule has 0 spiro atoms. The quantitative estimate of drug-likeness (QED) is 0.0626. The Morgan fingerprint density at radius 3 is 1.09 bits per heavy atom. The van der Waals surface area contributed by atoms with Crippen LogP contribution in [0.4, 0.5) is 19.2 Å². The van der Waals surface area contributed by atoms with E-state index in [9.17, 15) is 19.2 Å². The highest BCUT2D eigenvalue weighted by molar-refractivity contribution is 6.05. The van der Waals surface area contributed by atoms with Crippen LogP contribution in [0.5, 0.6) is 11.5 Å². The van der Waals surface area contributed by atoms with E-state index in [0.29, 0.717) is 35.8 Å². The number of likely N-dealkylation sites (N-methyl/N-ethyl adjacent to an activating group) is 2. The van der Waals surface area contributed by atoms with Gasteiger partial charge in [0.25, 0.3) is 0 Å². The maximum atomic E-state index is 13.2. The van der Waals surface area contributed by atoms with Crippen molar-refractivity contribution in [1.29, 1.82) is 10.8 Å². The molecule has 1 heterocycles. The first-order valence-corrected chi connectivity index (χ1v) is 22.7. The smallest absolute Gasteiger partial charge is 0.416 e. The molecule has 0 unspecified atom stereocenters. The van der Waals surface area contributed by atoms with Crippen molar-refractivity contribution < 1.29 is 47.6 Å². The van der Waals surface area contributed by atoms with Gasteiger partial charge in [0.1, 0.15) is 45.6 Å². The molecule has 2 N–H and O–H groups in total. The predicted molar refractivity (Wildman–Crippen MR) is 258 cm³/mol. The van der Waals surface area contributed by atoms with Gasteiger partial charge in [0.05, 0.1) is 19.9 Å². The van der Waals surface area contributed by atoms with Crippen LogP contribution in [0, 0.1) is 10.8 Å². The van der Waals surface area contributed by atoms with Gasteiger partial charge in [-0.2, -0.15) is 0 Å². The van der Waals surface area contributed by atoms with Crippen molar-refractivity contribution >= 4 is 36.0 Å². The Balaban J connectivity index is 1.42. The maximum absolute atomic E-state index is 13.2. The third-order valence-corrected chi connectivity index (χ3v) is 9.32. The summed E-state index contributed by atoms with van der Waals surface area (Å²) in [5.41, 5.74) is -1.91. The van der Waals surface area contributed by atoms with Crippen LogP contribution < -0.4 is 9.47 Å². The van der Waals surface area contributed by atoms with Gasteiger partial charge in [0.15, 0.2) is 0 Å². The van der Waals surface area contributed by atoms with Gasteiger partial charge in [0.2, 0.25) is 0 Å². The number of ether oxygens (including phenoxy) is 6. The minimum absolute atomic E-state index is 0.0299. The molecule has 2 aromatic rings. The molecule has 0 aromatic heterocycles. The number of amidine groups is 2. The molecule has 0 radical (unpaired) electrons. The Kier molecular flexibility index (Phi) is 19.8. The molecule has 0 atom stereocenters. The van der Waals surface area contributed by atoms with E-state index in [4.69, 9.17) is 39.2 Å². The highest BCUT2D eigenvalue weighted by Crippen LogP contribution is 2.20. The second-order valence-corrected chi connectivity index (χ2v) is 20.3. The van der Waals surface area contributed by atoms with Crippen molar-refractivity contribution in [3.8, 4) is 11.5 Å². The molecule has 0 bridgehead atoms. The number of carbonyl (C=O) groups is 4. The number of benzene rings is 2. The van der Waals surface area contributed by atoms with Crippen LogP contribution in [0.2, 0.25) is 0 Å². The van der Waals surface area contributed by atoms with E-state index in [0.717, 1.165) is 32.6 Å². The molecule has 18 nitrogen and oxygen atoms in total. The second-order valence-electron chi connectivity index (χ2n) is 20.3. The van der Waals surface area contributed by atoms with E-state index in [1.807, 2.05) is 0 Å². The van der Waals surface area contributed by atoms with Crippen molar-refractivity contribution in [2.75, 3.05) is 73.2 Å². The predicted octanol–water partition coefficient (Wildman–Crippen LogP) is 8.83. The molecular weight excluding hydrogens is 861 g/mol. The number of nitrogens with one attached hydrogen (secondary N) is 2. The van der Waals surface area contributed by atoms with E-state index in [1.54, 1.807) is 146 Å². The molecule has 2 aromatic carbocycles. The lowest BCUT2D eigenvalue weighted by Crippen LogP contribution is -2.45. The largest absolute Gasteiger partial charge is 0.494 e. The molecule has 1 aliphatic rings. The summed E-state index contributed by atoms with van der Waals surface area (Å²) in [6.07, 6.45) is 3.25. The molecule has 1 aliphatic heterocycles. The van der Waals surface area contributed by atoms with E-state index >= 15 is 0 Å². The van der Waals surface area contributed by atoms with Gasteiger partial charge in [-0.3, -0.25) is 20.6 Å². The summed E-state index contributed by atoms with van der Waals surface area (Å²) in [7, 11) is 3.16. The molecule has 0 saturated heterocycles. The Morgan fingerprint density at radius 1 is 0.493 bits per heavy atom. The first-order valence-electron chi connectivity index (χ1n) is 22.7. The molecular formula is C49H76N8O10. The van der Waals surface area contributed by atoms with E-state index in [-0.39, 0.29) is 37.9 Å². The molecule has 3 rings (SSSR count). The van der Waals surface area contributed by atoms with Crippen molar-refractivity contribution in [3.63, 3.8) is 0 Å². The number of nitrogens with zero attached hydrogens (tertiary/aromatic N) is 6.